The molecule has 0 aromatic carbocycles. The molecule has 0 fully saturated rings. The van der Waals surface area contributed by atoms with Crippen molar-refractivity contribution in [3.63, 3.8) is 0 Å². The number of imide groups is 1. The Kier molecular flexibility index (Phi) is 21.9. The second-order valence-corrected chi connectivity index (χ2v) is 6.62. The lowest BCUT2D eigenvalue weighted by Gasteiger charge is -2.30. The van der Waals surface area contributed by atoms with Crippen LogP contribution in [-0.4, -0.2) is 80.1 Å². The molecule has 0 saturated carbocycles. The fraction of sp³-hybridized carbons (Fsp3) is 0.733. The van der Waals surface area contributed by atoms with Crippen molar-refractivity contribution in [2.24, 2.45) is 0 Å². The molecule has 0 saturated heterocycles. The highest BCUT2D eigenvalue weighted by Crippen LogP contribution is 2.26. The summed E-state index contributed by atoms with van der Waals surface area (Å²) in [6.07, 6.45) is 4.88. The van der Waals surface area contributed by atoms with Gasteiger partial charge in [0, 0.05) is 60.0 Å². The summed E-state index contributed by atoms with van der Waals surface area (Å²) in [5.41, 5.74) is 0. The Morgan fingerprint density at radius 2 is 1.80 bits per heavy atom. The number of methoxy groups -OCH3 is 2. The highest BCUT2D eigenvalue weighted by atomic mass is 32.3. The molecule has 1 atom stereocenters. The molecule has 4 N–H and O–H groups in total. The van der Waals surface area contributed by atoms with Crippen LogP contribution in [0.3, 0.4) is 0 Å². The minimum absolute atomic E-state index is 0.180. The number of amides is 2. The molecule has 0 aromatic heterocycles. The van der Waals surface area contributed by atoms with Crippen LogP contribution >= 0.6 is 10.8 Å². The van der Waals surface area contributed by atoms with E-state index in [-0.39, 0.29) is 6.10 Å². The fourth-order valence-electron chi connectivity index (χ4n) is 1.28. The van der Waals surface area contributed by atoms with Gasteiger partial charge in [0.05, 0.1) is 6.10 Å². The average molecular weight is 386 g/mol. The number of ether oxygens (including phenoxy) is 2. The van der Waals surface area contributed by atoms with Gasteiger partial charge in [0.1, 0.15) is 0 Å². The normalized spacial score (nSPS) is 12.2. The summed E-state index contributed by atoms with van der Waals surface area (Å²) in [4.78, 5) is 22.8. The van der Waals surface area contributed by atoms with Gasteiger partial charge in [0.15, 0.2) is 0 Å². The highest BCUT2D eigenvalue weighted by molar-refractivity contribution is 8.22. The SMILES string of the molecule is CC.COC.COC(CCN(C)/C=C\C(=O)NC=O)CNS(C)(O)O. The molecule has 0 bridgehead atoms. The molecule has 0 aromatic rings. The van der Waals surface area contributed by atoms with Crippen molar-refractivity contribution in [3.8, 4) is 0 Å². The van der Waals surface area contributed by atoms with E-state index < -0.39 is 16.7 Å². The first-order valence-corrected chi connectivity index (χ1v) is 9.69. The molecule has 0 heterocycles. The van der Waals surface area contributed by atoms with E-state index in [1.165, 1.54) is 12.3 Å². The van der Waals surface area contributed by atoms with Crippen molar-refractivity contribution in [1.29, 1.82) is 0 Å². The minimum Gasteiger partial charge on any atom is -0.388 e. The van der Waals surface area contributed by atoms with Gasteiger partial charge in [-0.15, -0.1) is 10.8 Å². The van der Waals surface area contributed by atoms with Gasteiger partial charge in [-0.3, -0.25) is 24.0 Å². The number of carbonyl (C=O) groups excluding carboxylic acids is 2. The van der Waals surface area contributed by atoms with Crippen LogP contribution in [0.4, 0.5) is 0 Å². The van der Waals surface area contributed by atoms with Crippen LogP contribution in [-0.2, 0) is 19.1 Å². The Bertz CT molecular complexity index is 351. The van der Waals surface area contributed by atoms with E-state index in [1.807, 2.05) is 19.2 Å². The van der Waals surface area contributed by atoms with E-state index >= 15 is 0 Å². The Balaban J connectivity index is -0.000000866. The summed E-state index contributed by atoms with van der Waals surface area (Å²) >= 11 is 0. The van der Waals surface area contributed by atoms with Crippen molar-refractivity contribution in [2.75, 3.05) is 47.7 Å². The summed E-state index contributed by atoms with van der Waals surface area (Å²) < 4.78 is 30.5. The lowest BCUT2D eigenvalue weighted by molar-refractivity contribution is -0.121. The molecule has 0 radical (unpaired) electrons. The molecular weight excluding hydrogens is 350 g/mol. The van der Waals surface area contributed by atoms with E-state index in [2.05, 4.69) is 9.46 Å². The quantitative estimate of drug-likeness (QED) is 0.328. The lowest BCUT2D eigenvalue weighted by atomic mass is 10.2. The van der Waals surface area contributed by atoms with Gasteiger partial charge in [0.2, 0.25) is 6.41 Å². The number of hydrogen-bond acceptors (Lipinski definition) is 8. The molecule has 0 aliphatic heterocycles. The van der Waals surface area contributed by atoms with Crippen LogP contribution in [0.2, 0.25) is 0 Å². The Hall–Kier alpha value is -1.17. The van der Waals surface area contributed by atoms with Gasteiger partial charge >= 0.3 is 0 Å². The highest BCUT2D eigenvalue weighted by Gasteiger charge is 2.11. The summed E-state index contributed by atoms with van der Waals surface area (Å²) in [7, 11) is 3.83. The number of nitrogens with one attached hydrogen (secondary N) is 2. The zero-order valence-electron chi connectivity index (χ0n) is 16.3. The van der Waals surface area contributed by atoms with Gasteiger partial charge in [0.25, 0.3) is 5.91 Å². The average Bonchev–Trinajstić information content (AvgIpc) is 2.55. The summed E-state index contributed by atoms with van der Waals surface area (Å²) in [6, 6.07) is 0. The third kappa shape index (κ3) is 25.2. The maximum atomic E-state index is 11.0. The molecule has 2 amide bonds. The van der Waals surface area contributed by atoms with Crippen LogP contribution in [0.25, 0.3) is 0 Å². The number of hydrogen-bond donors (Lipinski definition) is 4. The largest absolute Gasteiger partial charge is 0.388 e. The van der Waals surface area contributed by atoms with Crippen LogP contribution in [0.15, 0.2) is 12.3 Å². The zero-order valence-corrected chi connectivity index (χ0v) is 17.1. The molecule has 10 heteroatoms. The van der Waals surface area contributed by atoms with Crippen LogP contribution in [0.1, 0.15) is 20.3 Å². The fourth-order valence-corrected chi connectivity index (χ4v) is 1.78. The van der Waals surface area contributed by atoms with Crippen molar-refractivity contribution >= 4 is 23.1 Å². The summed E-state index contributed by atoms with van der Waals surface area (Å²) in [5.74, 6) is -0.489. The topological polar surface area (TPSA) is 120 Å². The first-order chi connectivity index (χ1) is 11.7. The number of nitrogens with zero attached hydrogens (tertiary/aromatic N) is 1. The maximum Gasteiger partial charge on any atom is 0.251 e. The first-order valence-electron chi connectivity index (χ1n) is 7.73. The molecule has 0 rings (SSSR count). The monoisotopic (exact) mass is 385 g/mol. The predicted octanol–water partition coefficient (Wildman–Crippen LogP) is 1.28. The van der Waals surface area contributed by atoms with Crippen LogP contribution in [0, 0.1) is 0 Å². The molecular formula is C15H35N3O6S. The Morgan fingerprint density at radius 3 is 2.20 bits per heavy atom. The van der Waals surface area contributed by atoms with Crippen LogP contribution < -0.4 is 10.0 Å². The molecule has 0 aliphatic carbocycles. The van der Waals surface area contributed by atoms with E-state index in [9.17, 15) is 18.7 Å². The summed E-state index contributed by atoms with van der Waals surface area (Å²) in [6.45, 7) is 4.92. The van der Waals surface area contributed by atoms with E-state index in [1.54, 1.807) is 39.5 Å². The van der Waals surface area contributed by atoms with Gasteiger partial charge < -0.3 is 14.4 Å². The zero-order chi connectivity index (χ0) is 20.3. The van der Waals surface area contributed by atoms with E-state index in [0.29, 0.717) is 25.9 Å². The lowest BCUT2D eigenvalue weighted by Crippen LogP contribution is -2.32. The maximum absolute atomic E-state index is 11.0. The smallest absolute Gasteiger partial charge is 0.251 e. The minimum atomic E-state index is -2.74. The van der Waals surface area contributed by atoms with Gasteiger partial charge in [-0.25, -0.2) is 4.72 Å². The molecule has 9 nitrogen and oxygen atoms in total. The second-order valence-electron chi connectivity index (χ2n) is 4.66. The van der Waals surface area contributed by atoms with Crippen LogP contribution in [0.5, 0.6) is 0 Å². The molecule has 1 unspecified atom stereocenters. The third-order valence-electron chi connectivity index (χ3n) is 2.40. The number of rotatable bonds is 10. The van der Waals surface area contributed by atoms with Crippen molar-refractivity contribution in [3.05, 3.63) is 12.3 Å². The molecule has 25 heavy (non-hydrogen) atoms. The van der Waals surface area contributed by atoms with Gasteiger partial charge in [-0.2, -0.15) is 0 Å². The molecule has 0 spiro atoms. The molecule has 152 valence electrons. The Morgan fingerprint density at radius 1 is 1.28 bits per heavy atom. The Labute approximate surface area is 153 Å². The van der Waals surface area contributed by atoms with Crippen molar-refractivity contribution in [1.82, 2.24) is 14.9 Å². The van der Waals surface area contributed by atoms with E-state index in [4.69, 9.17) is 4.74 Å². The second kappa shape index (κ2) is 19.2. The first kappa shape index (κ1) is 28.6. The standard InChI is InChI=1S/C11H23N3O5S.C2H6O.C2H6/c1-14(7-5-11(16)12-9-15)6-4-10(19-2)8-13-20(3,17)18;1-3-2;1-2/h5,7,9-10,13,17-18H,4,6,8H2,1-3H3,(H,12,15,16);1-2H3;1-2H3/b7-5-;;. The van der Waals surface area contributed by atoms with Crippen molar-refractivity contribution < 1.29 is 28.2 Å². The van der Waals surface area contributed by atoms with Gasteiger partial charge in [-0.05, 0) is 6.42 Å². The predicted molar refractivity (Wildman–Crippen MR) is 102 cm³/mol. The summed E-state index contributed by atoms with van der Waals surface area (Å²) in [5, 5.41) is 1.99. The van der Waals surface area contributed by atoms with E-state index in [0.717, 1.165) is 0 Å². The third-order valence-corrected chi connectivity index (χ3v) is 3.12. The number of carbonyl (C=O) groups is 2. The van der Waals surface area contributed by atoms with Gasteiger partial charge in [-0.1, -0.05) is 13.8 Å². The van der Waals surface area contributed by atoms with Crippen molar-refractivity contribution in [2.45, 2.75) is 26.4 Å². The molecule has 0 aliphatic rings.